The Hall–Kier alpha value is -6.52. The fourth-order valence-corrected chi connectivity index (χ4v) is 10.6. The molecule has 58 heavy (non-hydrogen) atoms. The number of para-hydroxylation sites is 2. The maximum atomic E-state index is 7.12. The Labute approximate surface area is 340 Å². The molecule has 4 unspecified atom stereocenters. The number of anilines is 3. The second kappa shape index (κ2) is 13.3. The van der Waals surface area contributed by atoms with Crippen molar-refractivity contribution in [2.45, 2.75) is 31.7 Å². The van der Waals surface area contributed by atoms with E-state index in [9.17, 15) is 0 Å². The number of rotatable bonds is 6. The van der Waals surface area contributed by atoms with E-state index in [4.69, 9.17) is 9.47 Å². The Morgan fingerprint density at radius 1 is 0.621 bits per heavy atom. The molecule has 4 heteroatoms. The molecule has 7 aromatic rings. The highest BCUT2D eigenvalue weighted by Crippen LogP contribution is 2.53. The van der Waals surface area contributed by atoms with E-state index in [0.29, 0.717) is 11.8 Å². The average Bonchev–Trinajstić information content (AvgIpc) is 4.13. The lowest BCUT2D eigenvalue weighted by Crippen LogP contribution is -2.55. The molecule has 0 aromatic heterocycles. The normalized spacial score (nSPS) is 21.0. The summed E-state index contributed by atoms with van der Waals surface area (Å²) in [5.41, 5.74) is 13.4. The van der Waals surface area contributed by atoms with Crippen LogP contribution in [0, 0.1) is 17.8 Å². The largest absolute Gasteiger partial charge is 0.486 e. The van der Waals surface area contributed by atoms with Gasteiger partial charge in [0.25, 0.3) is 0 Å². The van der Waals surface area contributed by atoms with Gasteiger partial charge in [0.1, 0.15) is 23.4 Å². The summed E-state index contributed by atoms with van der Waals surface area (Å²) in [6.07, 6.45) is 12.2. The highest BCUT2D eigenvalue weighted by molar-refractivity contribution is 6.91. The molecule has 0 bridgehead atoms. The predicted octanol–water partition coefficient (Wildman–Crippen LogP) is 12.6. The lowest BCUT2D eigenvalue weighted by Gasteiger charge is -2.44. The zero-order valence-electron chi connectivity index (χ0n) is 32.5. The summed E-state index contributed by atoms with van der Waals surface area (Å²) in [6, 6.07) is 57.1. The molecular weight excluding hydrogens is 705 g/mol. The van der Waals surface area contributed by atoms with Crippen LogP contribution in [0.2, 0.25) is 5.82 Å². The first-order valence-electron chi connectivity index (χ1n) is 20.9. The lowest BCUT2D eigenvalue weighted by atomic mass is 9.29. The monoisotopic (exact) mass is 747 g/mol. The van der Waals surface area contributed by atoms with Crippen LogP contribution in [-0.2, 0) is 0 Å². The maximum absolute atomic E-state index is 7.12. The number of fused-ring (bicyclic) bond motifs is 8. The summed E-state index contributed by atoms with van der Waals surface area (Å²) in [7, 11) is 0. The van der Waals surface area contributed by atoms with Crippen LogP contribution in [0.25, 0.3) is 21.9 Å². The molecule has 0 N–H and O–H groups in total. The van der Waals surface area contributed by atoms with Crippen LogP contribution in [-0.4, -0.2) is 6.71 Å². The zero-order chi connectivity index (χ0) is 38.3. The van der Waals surface area contributed by atoms with Gasteiger partial charge >= 0.3 is 0 Å². The summed E-state index contributed by atoms with van der Waals surface area (Å²) in [4.78, 5) is 2.36. The van der Waals surface area contributed by atoms with Gasteiger partial charge in [-0.15, -0.1) is 0 Å². The van der Waals surface area contributed by atoms with Crippen molar-refractivity contribution < 1.29 is 9.47 Å². The molecule has 0 spiro atoms. The van der Waals surface area contributed by atoms with Crippen molar-refractivity contribution in [2.24, 2.45) is 17.8 Å². The Morgan fingerprint density at radius 2 is 1.31 bits per heavy atom. The summed E-state index contributed by atoms with van der Waals surface area (Å²) in [6.45, 7) is 2.43. The van der Waals surface area contributed by atoms with Crippen LogP contribution in [0.3, 0.4) is 0 Å². The van der Waals surface area contributed by atoms with Gasteiger partial charge in [0.05, 0.1) is 5.69 Å². The molecule has 1 fully saturated rings. The van der Waals surface area contributed by atoms with E-state index in [1.165, 1.54) is 62.5 Å². The molecule has 12 rings (SSSR count). The van der Waals surface area contributed by atoms with Gasteiger partial charge in [-0.3, -0.25) is 0 Å². The van der Waals surface area contributed by atoms with Crippen molar-refractivity contribution >= 4 is 56.6 Å². The highest BCUT2D eigenvalue weighted by Gasteiger charge is 2.50. The second-order valence-electron chi connectivity index (χ2n) is 16.7. The third kappa shape index (κ3) is 5.28. The first-order valence-corrected chi connectivity index (χ1v) is 20.9. The molecule has 2 heterocycles. The molecule has 3 nitrogen and oxygen atoms in total. The number of ether oxygens (including phenoxy) is 2. The molecule has 5 aliphatic rings. The van der Waals surface area contributed by atoms with E-state index in [0.717, 1.165) is 45.7 Å². The molecule has 7 aromatic carbocycles. The van der Waals surface area contributed by atoms with Crippen LogP contribution >= 0.6 is 0 Å². The van der Waals surface area contributed by atoms with Crippen LogP contribution in [0.15, 0.2) is 182 Å². The molecule has 278 valence electrons. The predicted molar refractivity (Wildman–Crippen MR) is 240 cm³/mol. The van der Waals surface area contributed by atoms with Gasteiger partial charge in [-0.25, -0.2) is 0 Å². The van der Waals surface area contributed by atoms with E-state index in [1.54, 1.807) is 0 Å². The van der Waals surface area contributed by atoms with Crippen LogP contribution in [0.1, 0.15) is 48.1 Å². The second-order valence-corrected chi connectivity index (χ2v) is 16.7. The number of allylic oxidation sites excluding steroid dienone is 4. The SMILES string of the molecule is CC1C(c2cccc(C3=CC4B5c6c(cccc6OC4c4ccccc43)Oc3cc(N(c4ccccc4)c4ccccc4)c4ccccc4c35)c2)=CC=CC1C1CC1. The lowest BCUT2D eigenvalue weighted by molar-refractivity contribution is 0.202. The molecule has 0 saturated heterocycles. The fourth-order valence-electron chi connectivity index (χ4n) is 10.6. The number of nitrogens with zero attached hydrogens (tertiary/aromatic N) is 1. The summed E-state index contributed by atoms with van der Waals surface area (Å²) in [5.74, 6) is 4.65. The maximum Gasteiger partial charge on any atom is 0.235 e. The smallest absolute Gasteiger partial charge is 0.235 e. The van der Waals surface area contributed by atoms with Crippen molar-refractivity contribution in [3.05, 3.63) is 204 Å². The topological polar surface area (TPSA) is 21.7 Å². The Bertz CT molecular complexity index is 2820. The van der Waals surface area contributed by atoms with Gasteiger partial charge in [-0.05, 0) is 112 Å². The quantitative estimate of drug-likeness (QED) is 0.158. The third-order valence-electron chi connectivity index (χ3n) is 13.4. The van der Waals surface area contributed by atoms with Crippen molar-refractivity contribution in [1.29, 1.82) is 0 Å². The number of hydrogen-bond donors (Lipinski definition) is 0. The van der Waals surface area contributed by atoms with Crippen molar-refractivity contribution in [3.8, 4) is 17.2 Å². The Kier molecular flexibility index (Phi) is 7.70. The van der Waals surface area contributed by atoms with Gasteiger partial charge in [-0.2, -0.15) is 0 Å². The molecular formula is C54H42BNO2. The van der Waals surface area contributed by atoms with Crippen LogP contribution < -0.4 is 25.3 Å². The summed E-state index contributed by atoms with van der Waals surface area (Å²) < 4.78 is 14.2. The molecule has 2 aliphatic heterocycles. The first-order chi connectivity index (χ1) is 28.7. The molecule has 3 aliphatic carbocycles. The molecule has 1 saturated carbocycles. The van der Waals surface area contributed by atoms with Gasteiger partial charge in [-0.1, -0.05) is 140 Å². The van der Waals surface area contributed by atoms with E-state index < -0.39 is 0 Å². The molecule has 0 radical (unpaired) electrons. The van der Waals surface area contributed by atoms with Gasteiger partial charge < -0.3 is 14.4 Å². The standard InChI is InChI=1S/C54H42BNO2/c1-34-40(35-29-30-35)25-13-26-41(34)36-15-12-16-37(31-36)46-32-47-54(45-24-11-8-21-42(45)46)58-50-28-14-27-49-53(50)55(47)52-44-23-10-9-22-43(44)48(33-51(52)57-49)56(38-17-4-2-5-18-38)39-19-6-3-7-20-39/h2-28,31-35,40,47,54H,29-30H2,1H3. The molecule has 0 amide bonds. The van der Waals surface area contributed by atoms with Gasteiger partial charge in [0.15, 0.2) is 0 Å². The number of benzene rings is 7. The minimum absolute atomic E-state index is 0.00611. The van der Waals surface area contributed by atoms with E-state index >= 15 is 0 Å². The van der Waals surface area contributed by atoms with Crippen LogP contribution in [0.4, 0.5) is 17.1 Å². The zero-order valence-corrected chi connectivity index (χ0v) is 32.5. The number of hydrogen-bond acceptors (Lipinski definition) is 3. The minimum atomic E-state index is -0.157. The highest BCUT2D eigenvalue weighted by atomic mass is 16.5. The average molecular weight is 748 g/mol. The molecule has 4 atom stereocenters. The van der Waals surface area contributed by atoms with E-state index in [-0.39, 0.29) is 18.6 Å². The van der Waals surface area contributed by atoms with E-state index in [1.807, 2.05) is 0 Å². The Balaban J connectivity index is 1.05. The van der Waals surface area contributed by atoms with Gasteiger partial charge in [0, 0.05) is 39.7 Å². The third-order valence-corrected chi connectivity index (χ3v) is 13.4. The Morgan fingerprint density at radius 3 is 2.10 bits per heavy atom. The van der Waals surface area contributed by atoms with Gasteiger partial charge in [0.2, 0.25) is 6.71 Å². The van der Waals surface area contributed by atoms with Crippen molar-refractivity contribution in [3.63, 3.8) is 0 Å². The van der Waals surface area contributed by atoms with Crippen molar-refractivity contribution in [2.75, 3.05) is 4.90 Å². The van der Waals surface area contributed by atoms with E-state index in [2.05, 4.69) is 194 Å². The summed E-state index contributed by atoms with van der Waals surface area (Å²) >= 11 is 0. The van der Waals surface area contributed by atoms with Crippen LogP contribution in [0.5, 0.6) is 17.2 Å². The minimum Gasteiger partial charge on any atom is -0.486 e. The summed E-state index contributed by atoms with van der Waals surface area (Å²) in [5, 5.41) is 2.38. The fraction of sp³-hybridized carbons (Fsp3) is 0.148. The van der Waals surface area contributed by atoms with Crippen molar-refractivity contribution in [1.82, 2.24) is 0 Å². The first kappa shape index (κ1) is 33.6.